The SMILES string of the molecule is CCc1cccc(OCc2ccnc(CN)c2)c1. The van der Waals surface area contributed by atoms with Crippen LogP contribution in [0, 0.1) is 0 Å². The van der Waals surface area contributed by atoms with Crippen LogP contribution < -0.4 is 10.5 Å². The topological polar surface area (TPSA) is 48.1 Å². The number of aromatic nitrogens is 1. The monoisotopic (exact) mass is 242 g/mol. The Morgan fingerprint density at radius 2 is 2.06 bits per heavy atom. The predicted molar refractivity (Wildman–Crippen MR) is 72.3 cm³/mol. The van der Waals surface area contributed by atoms with Crippen LogP contribution in [0.25, 0.3) is 0 Å². The molecule has 1 aromatic heterocycles. The third-order valence-electron chi connectivity index (χ3n) is 2.80. The minimum Gasteiger partial charge on any atom is -0.489 e. The molecule has 2 N–H and O–H groups in total. The van der Waals surface area contributed by atoms with Crippen molar-refractivity contribution >= 4 is 0 Å². The van der Waals surface area contributed by atoms with Gasteiger partial charge in [0.05, 0.1) is 5.69 Å². The van der Waals surface area contributed by atoms with Gasteiger partial charge in [0.25, 0.3) is 0 Å². The van der Waals surface area contributed by atoms with Crippen molar-refractivity contribution in [1.82, 2.24) is 4.98 Å². The number of ether oxygens (including phenoxy) is 1. The molecule has 0 bridgehead atoms. The first-order chi connectivity index (χ1) is 8.81. The normalized spacial score (nSPS) is 10.3. The third-order valence-corrected chi connectivity index (χ3v) is 2.80. The molecule has 0 saturated carbocycles. The summed E-state index contributed by atoms with van der Waals surface area (Å²) in [6.07, 6.45) is 2.78. The summed E-state index contributed by atoms with van der Waals surface area (Å²) in [5.74, 6) is 0.903. The Bertz CT molecular complexity index is 464. The van der Waals surface area contributed by atoms with Gasteiger partial charge in [0.15, 0.2) is 0 Å². The first kappa shape index (κ1) is 12.6. The van der Waals surface area contributed by atoms with Crippen LogP contribution in [0.5, 0.6) is 5.75 Å². The van der Waals surface area contributed by atoms with Gasteiger partial charge in [-0.3, -0.25) is 4.98 Å². The zero-order chi connectivity index (χ0) is 12.8. The Hall–Kier alpha value is -1.87. The number of hydrogen-bond donors (Lipinski definition) is 1. The van der Waals surface area contributed by atoms with Crippen molar-refractivity contribution < 1.29 is 4.74 Å². The van der Waals surface area contributed by atoms with E-state index in [0.29, 0.717) is 13.2 Å². The predicted octanol–water partition coefficient (Wildman–Crippen LogP) is 2.68. The lowest BCUT2D eigenvalue weighted by atomic mass is 10.2. The molecule has 3 nitrogen and oxygen atoms in total. The highest BCUT2D eigenvalue weighted by atomic mass is 16.5. The molecule has 2 aromatic rings. The maximum Gasteiger partial charge on any atom is 0.120 e. The third kappa shape index (κ3) is 3.31. The molecule has 0 atom stereocenters. The quantitative estimate of drug-likeness (QED) is 0.877. The van der Waals surface area contributed by atoms with E-state index >= 15 is 0 Å². The van der Waals surface area contributed by atoms with E-state index in [1.165, 1.54) is 5.56 Å². The summed E-state index contributed by atoms with van der Waals surface area (Å²) in [6.45, 7) is 3.14. The molecule has 94 valence electrons. The number of nitrogens with two attached hydrogens (primary N) is 1. The molecular weight excluding hydrogens is 224 g/mol. The molecule has 3 heteroatoms. The Morgan fingerprint density at radius 3 is 2.83 bits per heavy atom. The Kier molecular flexibility index (Phi) is 4.31. The van der Waals surface area contributed by atoms with Crippen molar-refractivity contribution in [3.05, 3.63) is 59.4 Å². The lowest BCUT2D eigenvalue weighted by Crippen LogP contribution is -2.02. The summed E-state index contributed by atoms with van der Waals surface area (Å²) in [5, 5.41) is 0. The van der Waals surface area contributed by atoms with Gasteiger partial charge in [0.1, 0.15) is 12.4 Å². The average Bonchev–Trinajstić information content (AvgIpc) is 2.45. The highest BCUT2D eigenvalue weighted by Gasteiger charge is 1.99. The largest absolute Gasteiger partial charge is 0.489 e. The fourth-order valence-electron chi connectivity index (χ4n) is 1.75. The molecule has 18 heavy (non-hydrogen) atoms. The van der Waals surface area contributed by atoms with Gasteiger partial charge < -0.3 is 10.5 Å². The van der Waals surface area contributed by atoms with Gasteiger partial charge in [0.2, 0.25) is 0 Å². The lowest BCUT2D eigenvalue weighted by Gasteiger charge is -2.08. The molecule has 0 spiro atoms. The van der Waals surface area contributed by atoms with Gasteiger partial charge in [-0.15, -0.1) is 0 Å². The van der Waals surface area contributed by atoms with E-state index in [2.05, 4.69) is 24.0 Å². The van der Waals surface area contributed by atoms with Gasteiger partial charge in [0, 0.05) is 12.7 Å². The summed E-state index contributed by atoms with van der Waals surface area (Å²) in [6, 6.07) is 12.1. The molecule has 0 aliphatic carbocycles. The zero-order valence-corrected chi connectivity index (χ0v) is 10.6. The smallest absolute Gasteiger partial charge is 0.120 e. The van der Waals surface area contributed by atoms with Crippen LogP contribution in [0.2, 0.25) is 0 Å². The second kappa shape index (κ2) is 6.17. The highest BCUT2D eigenvalue weighted by Crippen LogP contribution is 2.15. The molecule has 0 saturated heterocycles. The second-order valence-electron chi connectivity index (χ2n) is 4.15. The van der Waals surface area contributed by atoms with E-state index in [9.17, 15) is 0 Å². The highest BCUT2D eigenvalue weighted by molar-refractivity contribution is 5.29. The van der Waals surface area contributed by atoms with Crippen LogP contribution in [0.1, 0.15) is 23.7 Å². The number of hydrogen-bond acceptors (Lipinski definition) is 3. The first-order valence-electron chi connectivity index (χ1n) is 6.17. The summed E-state index contributed by atoms with van der Waals surface area (Å²) in [4.78, 5) is 4.16. The fraction of sp³-hybridized carbons (Fsp3) is 0.267. The summed E-state index contributed by atoms with van der Waals surface area (Å²) >= 11 is 0. The molecule has 2 rings (SSSR count). The van der Waals surface area contributed by atoms with E-state index < -0.39 is 0 Å². The number of pyridine rings is 1. The van der Waals surface area contributed by atoms with Crippen LogP contribution in [0.15, 0.2) is 42.6 Å². The van der Waals surface area contributed by atoms with Gasteiger partial charge in [-0.05, 0) is 41.8 Å². The molecule has 0 aliphatic heterocycles. The summed E-state index contributed by atoms with van der Waals surface area (Å²) in [7, 11) is 0. The van der Waals surface area contributed by atoms with Crippen molar-refractivity contribution in [3.8, 4) is 5.75 Å². The molecule has 0 aliphatic rings. The summed E-state index contributed by atoms with van der Waals surface area (Å²) < 4.78 is 5.77. The number of nitrogens with zero attached hydrogens (tertiary/aromatic N) is 1. The van der Waals surface area contributed by atoms with Crippen molar-refractivity contribution in [1.29, 1.82) is 0 Å². The van der Waals surface area contributed by atoms with Gasteiger partial charge >= 0.3 is 0 Å². The van der Waals surface area contributed by atoms with Crippen LogP contribution in [0.3, 0.4) is 0 Å². The molecule has 0 unspecified atom stereocenters. The standard InChI is InChI=1S/C15H18N2O/c1-2-12-4-3-5-15(9-12)18-11-13-6-7-17-14(8-13)10-16/h3-9H,2,10-11,16H2,1H3. The first-order valence-corrected chi connectivity index (χ1v) is 6.17. The van der Waals surface area contributed by atoms with E-state index in [1.54, 1.807) is 6.20 Å². The molecular formula is C15H18N2O. The van der Waals surface area contributed by atoms with Gasteiger partial charge in [-0.25, -0.2) is 0 Å². The van der Waals surface area contributed by atoms with Crippen LogP contribution in [-0.4, -0.2) is 4.98 Å². The van der Waals surface area contributed by atoms with Gasteiger partial charge in [-0.1, -0.05) is 19.1 Å². The minimum absolute atomic E-state index is 0.457. The number of benzene rings is 1. The molecule has 0 fully saturated rings. The fourth-order valence-corrected chi connectivity index (χ4v) is 1.75. The van der Waals surface area contributed by atoms with Gasteiger partial charge in [-0.2, -0.15) is 0 Å². The molecule has 0 radical (unpaired) electrons. The van der Waals surface area contributed by atoms with Crippen LogP contribution in [0.4, 0.5) is 0 Å². The maximum absolute atomic E-state index is 5.77. The lowest BCUT2D eigenvalue weighted by molar-refractivity contribution is 0.305. The van der Waals surface area contributed by atoms with Crippen molar-refractivity contribution in [2.24, 2.45) is 5.73 Å². The Labute approximate surface area is 108 Å². The molecule has 1 heterocycles. The van der Waals surface area contributed by atoms with E-state index in [1.807, 2.05) is 24.3 Å². The van der Waals surface area contributed by atoms with E-state index in [4.69, 9.17) is 10.5 Å². The van der Waals surface area contributed by atoms with Crippen LogP contribution >= 0.6 is 0 Å². The van der Waals surface area contributed by atoms with Crippen molar-refractivity contribution in [2.45, 2.75) is 26.5 Å². The number of rotatable bonds is 5. The average molecular weight is 242 g/mol. The van der Waals surface area contributed by atoms with E-state index in [0.717, 1.165) is 23.4 Å². The number of aryl methyl sites for hydroxylation is 1. The minimum atomic E-state index is 0.457. The Balaban J connectivity index is 2.01. The second-order valence-corrected chi connectivity index (χ2v) is 4.15. The molecule has 1 aromatic carbocycles. The van der Waals surface area contributed by atoms with E-state index in [-0.39, 0.29) is 0 Å². The van der Waals surface area contributed by atoms with Crippen LogP contribution in [-0.2, 0) is 19.6 Å². The van der Waals surface area contributed by atoms with Crippen molar-refractivity contribution in [3.63, 3.8) is 0 Å². The maximum atomic E-state index is 5.77. The zero-order valence-electron chi connectivity index (χ0n) is 10.6. The van der Waals surface area contributed by atoms with Crippen molar-refractivity contribution in [2.75, 3.05) is 0 Å². The molecule has 0 amide bonds. The Morgan fingerprint density at radius 1 is 1.17 bits per heavy atom. The summed E-state index contributed by atoms with van der Waals surface area (Å²) in [5.41, 5.74) is 8.82.